The maximum absolute atomic E-state index is 4.48. The number of hydrogen-bond acceptors (Lipinski definition) is 1. The van der Waals surface area contributed by atoms with E-state index in [0.29, 0.717) is 0 Å². The SMILES string of the molecule is CC(C)(C)c1cc(C2CCCC2)ccn1. The van der Waals surface area contributed by atoms with Crippen molar-refractivity contribution in [1.82, 2.24) is 4.98 Å². The average molecular weight is 203 g/mol. The summed E-state index contributed by atoms with van der Waals surface area (Å²) in [7, 11) is 0. The summed E-state index contributed by atoms with van der Waals surface area (Å²) in [5.74, 6) is 0.800. The highest BCUT2D eigenvalue weighted by Crippen LogP contribution is 2.35. The molecule has 1 aromatic rings. The van der Waals surface area contributed by atoms with Crippen molar-refractivity contribution in [1.29, 1.82) is 0 Å². The summed E-state index contributed by atoms with van der Waals surface area (Å²) in [6.45, 7) is 6.69. The fourth-order valence-electron chi connectivity index (χ4n) is 2.37. The van der Waals surface area contributed by atoms with Crippen LogP contribution in [-0.4, -0.2) is 4.98 Å². The monoisotopic (exact) mass is 203 g/mol. The molecule has 0 amide bonds. The van der Waals surface area contributed by atoms with Gasteiger partial charge >= 0.3 is 0 Å². The minimum absolute atomic E-state index is 0.175. The maximum Gasteiger partial charge on any atom is 0.0459 e. The summed E-state index contributed by atoms with van der Waals surface area (Å²) in [6.07, 6.45) is 7.52. The lowest BCUT2D eigenvalue weighted by Crippen LogP contribution is -2.14. The van der Waals surface area contributed by atoms with Crippen molar-refractivity contribution in [2.24, 2.45) is 0 Å². The van der Waals surface area contributed by atoms with Crippen LogP contribution in [0.1, 0.15) is 63.6 Å². The normalized spacial score (nSPS) is 18.3. The minimum atomic E-state index is 0.175. The van der Waals surface area contributed by atoms with Gasteiger partial charge in [-0.15, -0.1) is 0 Å². The molecule has 1 aromatic heterocycles. The van der Waals surface area contributed by atoms with E-state index in [4.69, 9.17) is 0 Å². The second-order valence-corrected chi connectivity index (χ2v) is 5.71. The topological polar surface area (TPSA) is 12.9 Å². The second kappa shape index (κ2) is 3.96. The standard InChI is InChI=1S/C14H21N/c1-14(2,3)13-10-12(8-9-15-13)11-6-4-5-7-11/h8-11H,4-7H2,1-3H3. The molecular weight excluding hydrogens is 182 g/mol. The van der Waals surface area contributed by atoms with E-state index in [0.717, 1.165) is 5.92 Å². The van der Waals surface area contributed by atoms with E-state index in [1.54, 1.807) is 0 Å². The molecule has 1 aliphatic carbocycles. The largest absolute Gasteiger partial charge is 0.261 e. The molecule has 15 heavy (non-hydrogen) atoms. The predicted octanol–water partition coefficient (Wildman–Crippen LogP) is 4.04. The summed E-state index contributed by atoms with van der Waals surface area (Å²) in [6, 6.07) is 4.52. The molecule has 0 saturated heterocycles. The van der Waals surface area contributed by atoms with Gasteiger partial charge in [-0.1, -0.05) is 33.6 Å². The van der Waals surface area contributed by atoms with Crippen molar-refractivity contribution in [3.63, 3.8) is 0 Å². The van der Waals surface area contributed by atoms with Gasteiger partial charge in [0.15, 0.2) is 0 Å². The lowest BCUT2D eigenvalue weighted by Gasteiger charge is -2.19. The molecule has 1 heterocycles. The zero-order valence-corrected chi connectivity index (χ0v) is 10.1. The first kappa shape index (κ1) is 10.7. The molecular formula is C14H21N. The Hall–Kier alpha value is -0.850. The quantitative estimate of drug-likeness (QED) is 0.671. The van der Waals surface area contributed by atoms with Crippen LogP contribution >= 0.6 is 0 Å². The Morgan fingerprint density at radius 2 is 1.87 bits per heavy atom. The van der Waals surface area contributed by atoms with Gasteiger partial charge in [0, 0.05) is 17.3 Å². The van der Waals surface area contributed by atoms with Crippen molar-refractivity contribution < 1.29 is 0 Å². The first-order valence-corrected chi connectivity index (χ1v) is 6.04. The molecule has 1 aliphatic rings. The van der Waals surface area contributed by atoms with Crippen LogP contribution in [0.5, 0.6) is 0 Å². The number of hydrogen-bond donors (Lipinski definition) is 0. The Balaban J connectivity index is 2.26. The van der Waals surface area contributed by atoms with Gasteiger partial charge in [-0.25, -0.2) is 0 Å². The average Bonchev–Trinajstić information content (AvgIpc) is 2.69. The fraction of sp³-hybridized carbons (Fsp3) is 0.643. The third kappa shape index (κ3) is 2.39. The molecule has 0 aromatic carbocycles. The first-order valence-electron chi connectivity index (χ1n) is 6.04. The zero-order chi connectivity index (χ0) is 10.9. The Kier molecular flexibility index (Phi) is 2.81. The van der Waals surface area contributed by atoms with E-state index in [2.05, 4.69) is 37.9 Å². The van der Waals surface area contributed by atoms with Crippen molar-refractivity contribution in [2.45, 2.75) is 57.8 Å². The zero-order valence-electron chi connectivity index (χ0n) is 10.1. The Labute approximate surface area is 92.9 Å². The highest BCUT2D eigenvalue weighted by molar-refractivity contribution is 5.25. The van der Waals surface area contributed by atoms with Crippen LogP contribution in [0.2, 0.25) is 0 Å². The van der Waals surface area contributed by atoms with Crippen molar-refractivity contribution in [3.8, 4) is 0 Å². The Morgan fingerprint density at radius 3 is 2.47 bits per heavy atom. The molecule has 1 nitrogen and oxygen atoms in total. The van der Waals surface area contributed by atoms with Crippen LogP contribution in [0.15, 0.2) is 18.3 Å². The van der Waals surface area contributed by atoms with Crippen LogP contribution < -0.4 is 0 Å². The molecule has 1 fully saturated rings. The number of nitrogens with zero attached hydrogens (tertiary/aromatic N) is 1. The molecule has 1 saturated carbocycles. The van der Waals surface area contributed by atoms with Gasteiger partial charge in [0.1, 0.15) is 0 Å². The molecule has 0 aliphatic heterocycles. The Bertz CT molecular complexity index is 329. The summed E-state index contributed by atoms with van der Waals surface area (Å²) < 4.78 is 0. The summed E-state index contributed by atoms with van der Waals surface area (Å²) in [5.41, 5.74) is 2.91. The van der Waals surface area contributed by atoms with Crippen LogP contribution in [0.25, 0.3) is 0 Å². The van der Waals surface area contributed by atoms with Gasteiger partial charge in [0.05, 0.1) is 0 Å². The smallest absolute Gasteiger partial charge is 0.0459 e. The van der Waals surface area contributed by atoms with Gasteiger partial charge in [-0.05, 0) is 36.5 Å². The summed E-state index contributed by atoms with van der Waals surface area (Å²) in [5, 5.41) is 0. The first-order chi connectivity index (χ1) is 7.07. The summed E-state index contributed by atoms with van der Waals surface area (Å²) in [4.78, 5) is 4.48. The highest BCUT2D eigenvalue weighted by Gasteiger charge is 2.20. The van der Waals surface area contributed by atoms with E-state index < -0.39 is 0 Å². The van der Waals surface area contributed by atoms with Gasteiger partial charge in [-0.2, -0.15) is 0 Å². The predicted molar refractivity (Wildman–Crippen MR) is 64.1 cm³/mol. The molecule has 82 valence electrons. The third-order valence-electron chi connectivity index (χ3n) is 3.38. The van der Waals surface area contributed by atoms with Crippen LogP contribution in [-0.2, 0) is 5.41 Å². The summed E-state index contributed by atoms with van der Waals surface area (Å²) >= 11 is 0. The molecule has 1 heteroatoms. The second-order valence-electron chi connectivity index (χ2n) is 5.71. The molecule has 2 rings (SSSR count). The van der Waals surface area contributed by atoms with E-state index in [1.165, 1.54) is 36.9 Å². The fourth-order valence-corrected chi connectivity index (χ4v) is 2.37. The molecule has 0 radical (unpaired) electrons. The van der Waals surface area contributed by atoms with Crippen LogP contribution in [0, 0.1) is 0 Å². The van der Waals surface area contributed by atoms with E-state index in [9.17, 15) is 0 Å². The molecule has 0 atom stereocenters. The molecule has 0 bridgehead atoms. The van der Waals surface area contributed by atoms with E-state index >= 15 is 0 Å². The van der Waals surface area contributed by atoms with E-state index in [-0.39, 0.29) is 5.41 Å². The van der Waals surface area contributed by atoms with Gasteiger partial charge in [0.2, 0.25) is 0 Å². The van der Waals surface area contributed by atoms with Crippen molar-refractivity contribution in [3.05, 3.63) is 29.6 Å². The number of aromatic nitrogens is 1. The third-order valence-corrected chi connectivity index (χ3v) is 3.38. The van der Waals surface area contributed by atoms with Crippen molar-refractivity contribution in [2.75, 3.05) is 0 Å². The molecule has 0 unspecified atom stereocenters. The lowest BCUT2D eigenvalue weighted by molar-refractivity contribution is 0.565. The van der Waals surface area contributed by atoms with Gasteiger partial charge in [-0.3, -0.25) is 4.98 Å². The van der Waals surface area contributed by atoms with E-state index in [1.807, 2.05) is 6.20 Å². The minimum Gasteiger partial charge on any atom is -0.261 e. The maximum atomic E-state index is 4.48. The molecule has 0 spiro atoms. The molecule has 0 N–H and O–H groups in total. The number of rotatable bonds is 1. The van der Waals surface area contributed by atoms with Gasteiger partial charge in [0.25, 0.3) is 0 Å². The van der Waals surface area contributed by atoms with Crippen molar-refractivity contribution >= 4 is 0 Å². The van der Waals surface area contributed by atoms with Crippen LogP contribution in [0.3, 0.4) is 0 Å². The lowest BCUT2D eigenvalue weighted by atomic mass is 9.88. The highest BCUT2D eigenvalue weighted by atomic mass is 14.7. The Morgan fingerprint density at radius 1 is 1.20 bits per heavy atom. The van der Waals surface area contributed by atoms with Gasteiger partial charge < -0.3 is 0 Å². The van der Waals surface area contributed by atoms with Crippen LogP contribution in [0.4, 0.5) is 0 Å². The number of pyridine rings is 1.